The van der Waals surface area contributed by atoms with E-state index >= 15 is 0 Å². The molecule has 0 aromatic carbocycles. The minimum atomic E-state index is -0.413. The third-order valence-corrected chi connectivity index (χ3v) is 4.42. The highest BCUT2D eigenvalue weighted by atomic mass is 16.3. The van der Waals surface area contributed by atoms with Crippen LogP contribution in [0.25, 0.3) is 0 Å². The molecule has 0 aromatic heterocycles. The Balaban J connectivity index is 3.12. The molecule has 0 amide bonds. The van der Waals surface area contributed by atoms with Gasteiger partial charge in [0.05, 0.1) is 6.10 Å². The van der Waals surface area contributed by atoms with Gasteiger partial charge in [0, 0.05) is 6.42 Å². The Kier molecular flexibility index (Phi) is 18.9. The summed E-state index contributed by atoms with van der Waals surface area (Å²) >= 11 is 0. The van der Waals surface area contributed by atoms with Crippen molar-refractivity contribution in [2.24, 2.45) is 0 Å². The normalized spacial score (nSPS) is 12.8. The van der Waals surface area contributed by atoms with E-state index in [0.29, 0.717) is 6.42 Å². The standard InChI is InChI=1S/C21H40O2/c1-2-3-4-5-6-7-8-9-10-11-12-13-14-15-16-17-18-21(23)19-20-22/h9-10,20-21,23H,2-8,11-19H2,1H3/b10-9-. The van der Waals surface area contributed by atoms with Crippen molar-refractivity contribution < 1.29 is 9.90 Å². The van der Waals surface area contributed by atoms with Crippen LogP contribution in [0.2, 0.25) is 0 Å². The largest absolute Gasteiger partial charge is 0.393 e. The summed E-state index contributed by atoms with van der Waals surface area (Å²) in [4.78, 5) is 10.2. The zero-order valence-corrected chi connectivity index (χ0v) is 15.5. The van der Waals surface area contributed by atoms with Crippen molar-refractivity contribution in [2.75, 3.05) is 0 Å². The van der Waals surface area contributed by atoms with Crippen molar-refractivity contribution in [1.29, 1.82) is 0 Å². The molecule has 0 aliphatic carbocycles. The molecule has 23 heavy (non-hydrogen) atoms. The Bertz CT molecular complexity index is 261. The lowest BCUT2D eigenvalue weighted by atomic mass is 10.0. The molecule has 1 unspecified atom stereocenters. The predicted molar refractivity (Wildman–Crippen MR) is 101 cm³/mol. The first kappa shape index (κ1) is 22.4. The topological polar surface area (TPSA) is 37.3 Å². The van der Waals surface area contributed by atoms with Gasteiger partial charge >= 0.3 is 0 Å². The van der Waals surface area contributed by atoms with E-state index in [2.05, 4.69) is 19.1 Å². The molecule has 0 bridgehead atoms. The molecule has 0 aliphatic heterocycles. The average Bonchev–Trinajstić information content (AvgIpc) is 2.54. The van der Waals surface area contributed by atoms with Crippen LogP contribution >= 0.6 is 0 Å². The van der Waals surface area contributed by atoms with Gasteiger partial charge in [0.2, 0.25) is 0 Å². The van der Waals surface area contributed by atoms with Crippen LogP contribution in [0.3, 0.4) is 0 Å². The molecular formula is C21H40O2. The molecule has 0 aliphatic rings. The van der Waals surface area contributed by atoms with E-state index in [1.165, 1.54) is 83.5 Å². The van der Waals surface area contributed by atoms with Gasteiger partial charge in [0.25, 0.3) is 0 Å². The zero-order valence-electron chi connectivity index (χ0n) is 15.5. The monoisotopic (exact) mass is 324 g/mol. The number of aliphatic hydroxyl groups excluding tert-OH is 1. The van der Waals surface area contributed by atoms with Gasteiger partial charge in [-0.05, 0) is 32.1 Å². The molecule has 0 saturated carbocycles. The molecule has 136 valence electrons. The fraction of sp³-hybridized carbons (Fsp3) is 0.857. The van der Waals surface area contributed by atoms with Crippen molar-refractivity contribution in [3.05, 3.63) is 12.2 Å². The highest BCUT2D eigenvalue weighted by molar-refractivity contribution is 5.49. The lowest BCUT2D eigenvalue weighted by molar-refractivity contribution is -0.109. The van der Waals surface area contributed by atoms with Crippen LogP contribution in [-0.2, 0) is 4.79 Å². The van der Waals surface area contributed by atoms with Crippen LogP contribution < -0.4 is 0 Å². The number of rotatable bonds is 18. The molecule has 2 heteroatoms. The molecule has 0 rings (SSSR count). The van der Waals surface area contributed by atoms with Gasteiger partial charge in [-0.25, -0.2) is 0 Å². The molecular weight excluding hydrogens is 284 g/mol. The van der Waals surface area contributed by atoms with Crippen molar-refractivity contribution in [3.63, 3.8) is 0 Å². The maximum Gasteiger partial charge on any atom is 0.122 e. The van der Waals surface area contributed by atoms with Crippen molar-refractivity contribution in [3.8, 4) is 0 Å². The van der Waals surface area contributed by atoms with Crippen molar-refractivity contribution in [1.82, 2.24) is 0 Å². The molecule has 0 aromatic rings. The molecule has 1 atom stereocenters. The smallest absolute Gasteiger partial charge is 0.122 e. The molecule has 0 saturated heterocycles. The molecule has 0 spiro atoms. The van der Waals surface area contributed by atoms with Crippen LogP contribution in [0, 0.1) is 0 Å². The maximum absolute atomic E-state index is 10.2. The third kappa shape index (κ3) is 19.3. The van der Waals surface area contributed by atoms with Crippen LogP contribution in [-0.4, -0.2) is 17.5 Å². The summed E-state index contributed by atoms with van der Waals surface area (Å²) in [6, 6.07) is 0. The van der Waals surface area contributed by atoms with Gasteiger partial charge in [-0.1, -0.05) is 83.3 Å². The molecule has 2 nitrogen and oxygen atoms in total. The predicted octanol–water partition coefficient (Wildman–Crippen LogP) is 6.36. The van der Waals surface area contributed by atoms with Crippen LogP contribution in [0.4, 0.5) is 0 Å². The SMILES string of the molecule is CCCCCCCC/C=C\CCCCCCCCC(O)CC=O. The van der Waals surface area contributed by atoms with Gasteiger partial charge in [0.15, 0.2) is 0 Å². The van der Waals surface area contributed by atoms with Gasteiger partial charge in [-0.15, -0.1) is 0 Å². The Morgan fingerprint density at radius 3 is 1.74 bits per heavy atom. The second-order valence-electron chi connectivity index (χ2n) is 6.78. The molecule has 0 fully saturated rings. The number of aldehydes is 1. The summed E-state index contributed by atoms with van der Waals surface area (Å²) in [5.41, 5.74) is 0. The van der Waals surface area contributed by atoms with E-state index < -0.39 is 6.10 Å². The average molecular weight is 325 g/mol. The third-order valence-electron chi connectivity index (χ3n) is 4.42. The number of allylic oxidation sites excluding steroid dienone is 2. The van der Waals surface area contributed by atoms with Gasteiger partial charge in [-0.3, -0.25) is 0 Å². The van der Waals surface area contributed by atoms with Crippen LogP contribution in [0.15, 0.2) is 12.2 Å². The highest BCUT2D eigenvalue weighted by Crippen LogP contribution is 2.11. The minimum absolute atomic E-state index is 0.297. The lowest BCUT2D eigenvalue weighted by Crippen LogP contribution is -2.06. The van der Waals surface area contributed by atoms with Crippen LogP contribution in [0.1, 0.15) is 110 Å². The summed E-state index contributed by atoms with van der Waals surface area (Å²) in [6.45, 7) is 2.27. The van der Waals surface area contributed by atoms with Crippen molar-refractivity contribution in [2.45, 2.75) is 116 Å². The van der Waals surface area contributed by atoms with E-state index in [1.807, 2.05) is 0 Å². The van der Waals surface area contributed by atoms with E-state index in [4.69, 9.17) is 0 Å². The minimum Gasteiger partial charge on any atom is -0.393 e. The maximum atomic E-state index is 10.2. The lowest BCUT2D eigenvalue weighted by Gasteiger charge is -2.06. The quantitative estimate of drug-likeness (QED) is 0.181. The number of hydrogen-bond donors (Lipinski definition) is 1. The number of carbonyl (C=O) groups excluding carboxylic acids is 1. The molecule has 0 heterocycles. The highest BCUT2D eigenvalue weighted by Gasteiger charge is 2.01. The summed E-state index contributed by atoms with van der Waals surface area (Å²) < 4.78 is 0. The van der Waals surface area contributed by atoms with Crippen LogP contribution in [0.5, 0.6) is 0 Å². The number of hydrogen-bond acceptors (Lipinski definition) is 2. The Morgan fingerprint density at radius 1 is 0.739 bits per heavy atom. The summed E-state index contributed by atoms with van der Waals surface area (Å²) in [5, 5.41) is 9.43. The first-order valence-electron chi connectivity index (χ1n) is 10.1. The number of unbranched alkanes of at least 4 members (excludes halogenated alkanes) is 12. The number of carbonyl (C=O) groups is 1. The van der Waals surface area contributed by atoms with E-state index in [9.17, 15) is 9.90 Å². The Morgan fingerprint density at radius 2 is 1.22 bits per heavy atom. The Hall–Kier alpha value is -0.630. The summed E-state index contributed by atoms with van der Waals surface area (Å²) in [5.74, 6) is 0. The fourth-order valence-electron chi connectivity index (χ4n) is 2.86. The van der Waals surface area contributed by atoms with Crippen molar-refractivity contribution >= 4 is 6.29 Å². The summed E-state index contributed by atoms with van der Waals surface area (Å²) in [6.07, 6.45) is 24.4. The first-order chi connectivity index (χ1) is 11.3. The van der Waals surface area contributed by atoms with Gasteiger partial charge < -0.3 is 9.90 Å². The summed E-state index contributed by atoms with van der Waals surface area (Å²) in [7, 11) is 0. The number of aliphatic hydroxyl groups is 1. The van der Waals surface area contributed by atoms with E-state index in [0.717, 1.165) is 19.1 Å². The second kappa shape index (κ2) is 19.4. The fourth-order valence-corrected chi connectivity index (χ4v) is 2.86. The zero-order chi connectivity index (χ0) is 17.0. The van der Waals surface area contributed by atoms with Gasteiger partial charge in [0.1, 0.15) is 6.29 Å². The molecule has 0 radical (unpaired) electrons. The second-order valence-corrected chi connectivity index (χ2v) is 6.78. The van der Waals surface area contributed by atoms with Gasteiger partial charge in [-0.2, -0.15) is 0 Å². The van der Waals surface area contributed by atoms with E-state index in [-0.39, 0.29) is 0 Å². The Labute approximate surface area is 144 Å². The first-order valence-corrected chi connectivity index (χ1v) is 10.1. The molecule has 1 N–H and O–H groups in total. The van der Waals surface area contributed by atoms with E-state index in [1.54, 1.807) is 0 Å².